The van der Waals surface area contributed by atoms with E-state index in [4.69, 9.17) is 37.7 Å². The van der Waals surface area contributed by atoms with Gasteiger partial charge in [-0.3, -0.25) is 4.79 Å². The maximum atomic E-state index is 13.7. The lowest BCUT2D eigenvalue weighted by atomic mass is 9.96. The van der Waals surface area contributed by atoms with Crippen LogP contribution in [0.15, 0.2) is 88.8 Å². The van der Waals surface area contributed by atoms with E-state index in [1.165, 1.54) is 4.68 Å². The molecule has 6 nitrogen and oxygen atoms in total. The summed E-state index contributed by atoms with van der Waals surface area (Å²) in [6.45, 7) is 6.47. The van der Waals surface area contributed by atoms with Crippen molar-refractivity contribution in [2.45, 2.75) is 33.3 Å². The van der Waals surface area contributed by atoms with Crippen molar-refractivity contribution in [2.24, 2.45) is 5.10 Å². The van der Waals surface area contributed by atoms with E-state index in [9.17, 15) is 4.79 Å². The highest BCUT2D eigenvalue weighted by molar-refractivity contribution is 6.35. The van der Waals surface area contributed by atoms with Gasteiger partial charge in [-0.1, -0.05) is 67.4 Å². The van der Waals surface area contributed by atoms with Crippen molar-refractivity contribution < 1.29 is 9.47 Å². The number of fused-ring (bicyclic) bond motifs is 1. The van der Waals surface area contributed by atoms with Gasteiger partial charge in [-0.2, -0.15) is 9.78 Å². The molecule has 0 aliphatic carbocycles. The first kappa shape index (κ1) is 28.4. The molecule has 0 aliphatic heterocycles. The van der Waals surface area contributed by atoms with E-state index in [-0.39, 0.29) is 18.1 Å². The number of hydrogen-bond acceptors (Lipinski definition) is 5. The van der Waals surface area contributed by atoms with Crippen molar-refractivity contribution in [2.75, 3.05) is 7.11 Å². The molecule has 0 atom stereocenters. The Morgan fingerprint density at radius 2 is 1.80 bits per heavy atom. The molecule has 0 N–H and O–H groups in total. The van der Waals surface area contributed by atoms with E-state index >= 15 is 0 Å². The molecule has 0 radical (unpaired) electrons. The van der Waals surface area contributed by atoms with Crippen molar-refractivity contribution >= 4 is 40.3 Å². The van der Waals surface area contributed by atoms with Crippen LogP contribution in [-0.4, -0.2) is 23.0 Å². The first-order chi connectivity index (χ1) is 19.7. The summed E-state index contributed by atoms with van der Waals surface area (Å²) < 4.78 is 13.0. The fourth-order valence-electron chi connectivity index (χ4n) is 4.58. The van der Waals surface area contributed by atoms with E-state index in [1.807, 2.05) is 67.6 Å². The second kappa shape index (κ2) is 12.2. The van der Waals surface area contributed by atoms with Crippen LogP contribution in [0.1, 0.15) is 42.0 Å². The number of rotatable bonds is 8. The van der Waals surface area contributed by atoms with Gasteiger partial charge in [-0.15, -0.1) is 0 Å². The topological polar surface area (TPSA) is 65.7 Å². The molecule has 4 aromatic carbocycles. The minimum Gasteiger partial charge on any atom is -0.496 e. The molecule has 0 unspecified atom stereocenters. The van der Waals surface area contributed by atoms with Gasteiger partial charge in [0.2, 0.25) is 0 Å². The molecule has 5 rings (SSSR count). The Bertz CT molecular complexity index is 1830. The number of halogens is 2. The lowest BCUT2D eigenvalue weighted by Gasteiger charge is -2.17. The van der Waals surface area contributed by atoms with Crippen molar-refractivity contribution in [1.29, 1.82) is 0 Å². The third-order valence-electron chi connectivity index (χ3n) is 6.78. The molecule has 208 valence electrons. The predicted octanol–water partition coefficient (Wildman–Crippen LogP) is 8.27. The molecule has 5 aromatic rings. The normalized spacial score (nSPS) is 11.5. The molecule has 8 heteroatoms. The minimum atomic E-state index is -0.257. The van der Waals surface area contributed by atoms with Crippen LogP contribution in [0.2, 0.25) is 10.0 Å². The van der Waals surface area contributed by atoms with Crippen LogP contribution >= 0.6 is 23.2 Å². The highest BCUT2D eigenvalue weighted by Gasteiger charge is 2.18. The number of methoxy groups -OCH3 is 1. The van der Waals surface area contributed by atoms with Gasteiger partial charge in [-0.05, 0) is 78.1 Å². The Labute approximate surface area is 248 Å². The molecular weight excluding hydrogens is 557 g/mol. The Morgan fingerprint density at radius 3 is 2.56 bits per heavy atom. The lowest BCUT2D eigenvalue weighted by molar-refractivity contribution is 0.306. The van der Waals surface area contributed by atoms with Crippen molar-refractivity contribution in [3.8, 4) is 22.9 Å². The summed E-state index contributed by atoms with van der Waals surface area (Å²) >= 11 is 12.3. The summed E-state index contributed by atoms with van der Waals surface area (Å²) in [5, 5.41) is 6.24. The van der Waals surface area contributed by atoms with Crippen LogP contribution in [0.4, 0.5) is 0 Å². The SMILES string of the molecule is COc1cc(C)c(-c2nc3ccccc3c(=O)n2N=Cc2cccc(OCc3ccc(Cl)cc3Cl)c2)cc1C(C)C. The number of benzene rings is 4. The Morgan fingerprint density at radius 1 is 1.00 bits per heavy atom. The molecule has 0 saturated carbocycles. The summed E-state index contributed by atoms with van der Waals surface area (Å²) in [7, 11) is 1.66. The monoisotopic (exact) mass is 585 g/mol. The van der Waals surface area contributed by atoms with Crippen LogP contribution in [0.3, 0.4) is 0 Å². The molecule has 0 spiro atoms. The molecule has 0 bridgehead atoms. The molecule has 0 fully saturated rings. The molecular formula is C33H29Cl2N3O3. The van der Waals surface area contributed by atoms with Crippen molar-refractivity contribution in [3.05, 3.63) is 122 Å². The molecule has 1 heterocycles. The maximum absolute atomic E-state index is 13.7. The summed E-state index contributed by atoms with van der Waals surface area (Å²) in [4.78, 5) is 18.6. The summed E-state index contributed by atoms with van der Waals surface area (Å²) in [5.41, 5.74) is 4.69. The fraction of sp³-hybridized carbons (Fsp3) is 0.182. The average Bonchev–Trinajstić information content (AvgIpc) is 2.96. The Balaban J connectivity index is 1.55. The summed E-state index contributed by atoms with van der Waals surface area (Å²) in [6, 6.07) is 24.1. The minimum absolute atomic E-state index is 0.207. The number of ether oxygens (including phenoxy) is 2. The van der Waals surface area contributed by atoms with Gasteiger partial charge in [0, 0.05) is 21.2 Å². The average molecular weight is 587 g/mol. The van der Waals surface area contributed by atoms with Crippen LogP contribution in [0.5, 0.6) is 11.5 Å². The molecule has 1 aromatic heterocycles. The highest BCUT2D eigenvalue weighted by atomic mass is 35.5. The molecule has 0 amide bonds. The molecule has 0 aliphatic rings. The summed E-state index contributed by atoms with van der Waals surface area (Å²) in [5.74, 6) is 2.10. The predicted molar refractivity (Wildman–Crippen MR) is 167 cm³/mol. The number of para-hydroxylation sites is 1. The largest absolute Gasteiger partial charge is 0.496 e. The van der Waals surface area contributed by atoms with E-state index in [1.54, 1.807) is 31.5 Å². The number of aryl methyl sites for hydroxylation is 1. The first-order valence-electron chi connectivity index (χ1n) is 13.2. The second-order valence-corrected chi connectivity index (χ2v) is 10.8. The Hall–Kier alpha value is -4.13. The number of hydrogen-bond donors (Lipinski definition) is 0. The van der Waals surface area contributed by atoms with Crippen LogP contribution in [-0.2, 0) is 6.61 Å². The van der Waals surface area contributed by atoms with Gasteiger partial charge in [0.15, 0.2) is 5.82 Å². The first-order valence-corrected chi connectivity index (χ1v) is 13.9. The van der Waals surface area contributed by atoms with Gasteiger partial charge in [0.05, 0.1) is 24.2 Å². The van der Waals surface area contributed by atoms with Gasteiger partial charge >= 0.3 is 0 Å². The second-order valence-electron chi connectivity index (χ2n) is 9.97. The van der Waals surface area contributed by atoms with E-state index < -0.39 is 0 Å². The molecule has 0 saturated heterocycles. The fourth-order valence-corrected chi connectivity index (χ4v) is 5.04. The Kier molecular flexibility index (Phi) is 8.43. The van der Waals surface area contributed by atoms with Crippen LogP contribution in [0.25, 0.3) is 22.3 Å². The van der Waals surface area contributed by atoms with Gasteiger partial charge in [0.25, 0.3) is 5.56 Å². The van der Waals surface area contributed by atoms with Crippen molar-refractivity contribution in [3.63, 3.8) is 0 Å². The zero-order chi connectivity index (χ0) is 29.1. The third-order valence-corrected chi connectivity index (χ3v) is 7.37. The smallest absolute Gasteiger partial charge is 0.282 e. The zero-order valence-corrected chi connectivity index (χ0v) is 24.7. The summed E-state index contributed by atoms with van der Waals surface area (Å²) in [6.07, 6.45) is 1.63. The van der Waals surface area contributed by atoms with Crippen molar-refractivity contribution in [1.82, 2.24) is 9.66 Å². The maximum Gasteiger partial charge on any atom is 0.282 e. The van der Waals surface area contributed by atoms with Gasteiger partial charge in [-0.25, -0.2) is 4.98 Å². The van der Waals surface area contributed by atoms with Crippen LogP contribution < -0.4 is 15.0 Å². The van der Waals surface area contributed by atoms with E-state index in [0.717, 1.165) is 33.6 Å². The quantitative estimate of drug-likeness (QED) is 0.172. The van der Waals surface area contributed by atoms with Gasteiger partial charge < -0.3 is 9.47 Å². The zero-order valence-electron chi connectivity index (χ0n) is 23.2. The standard InChI is InChI=1S/C33H29Cl2N3O3/c1-20(2)27-17-28(21(3)14-31(27)40-4)32-37-30-11-6-5-10-26(30)33(39)38(32)36-18-22-8-7-9-25(15-22)41-19-23-12-13-24(34)16-29(23)35/h5-18,20H,19H2,1-4H3. The van der Waals surface area contributed by atoms with Crippen LogP contribution in [0, 0.1) is 6.92 Å². The van der Waals surface area contributed by atoms with E-state index in [0.29, 0.717) is 32.5 Å². The number of aromatic nitrogens is 2. The third kappa shape index (κ3) is 6.14. The van der Waals surface area contributed by atoms with Gasteiger partial charge in [0.1, 0.15) is 18.1 Å². The van der Waals surface area contributed by atoms with E-state index in [2.05, 4.69) is 18.9 Å². The number of nitrogens with zero attached hydrogens (tertiary/aromatic N) is 3. The highest BCUT2D eigenvalue weighted by Crippen LogP contribution is 2.34. The molecule has 41 heavy (non-hydrogen) atoms. The lowest BCUT2D eigenvalue weighted by Crippen LogP contribution is -2.20.